The molecule has 4 saturated carbocycles. The molecule has 8 aliphatic carbocycles. The second-order valence-electron chi connectivity index (χ2n) is 37.8. The van der Waals surface area contributed by atoms with E-state index in [1.807, 2.05) is 43.6 Å². The molecule has 3 aromatic carbocycles. The van der Waals surface area contributed by atoms with Crippen LogP contribution in [0.3, 0.4) is 0 Å². The molecule has 0 amide bonds. The van der Waals surface area contributed by atoms with Crippen molar-refractivity contribution in [2.24, 2.45) is 0 Å². The molecule has 0 atom stereocenters. The third-order valence-electron chi connectivity index (χ3n) is 30.0. The molecule has 704 valence electrons. The van der Waals surface area contributed by atoms with Gasteiger partial charge >= 0.3 is 0 Å². The van der Waals surface area contributed by atoms with Gasteiger partial charge in [0, 0.05) is 210 Å². The van der Waals surface area contributed by atoms with Gasteiger partial charge in [-0.15, -0.1) is 0 Å². The number of ether oxygens (including phenoxy) is 8. The molecule has 30 heteroatoms. The van der Waals surface area contributed by atoms with Gasteiger partial charge in [0.2, 0.25) is 23.6 Å². The summed E-state index contributed by atoms with van der Waals surface area (Å²) in [4.78, 5) is 72.6. The predicted molar refractivity (Wildman–Crippen MR) is 522 cm³/mol. The summed E-state index contributed by atoms with van der Waals surface area (Å²) in [6.45, 7) is 21.3. The number of benzene rings is 3. The third-order valence-corrected chi connectivity index (χ3v) is 30.0. The topological polar surface area (TPSA) is 306 Å². The van der Waals surface area contributed by atoms with Gasteiger partial charge in [-0.3, -0.25) is 19.6 Å². The van der Waals surface area contributed by atoms with Crippen LogP contribution in [0.4, 0.5) is 29.2 Å². The van der Waals surface area contributed by atoms with E-state index in [0.29, 0.717) is 72.6 Å². The Morgan fingerprint density at radius 2 is 0.711 bits per heavy atom. The molecule has 0 spiro atoms. The highest BCUT2D eigenvalue weighted by Crippen LogP contribution is 2.48. The number of nitrogens with zero attached hydrogens (tertiary/aromatic N) is 18. The maximum absolute atomic E-state index is 5.54. The van der Waals surface area contributed by atoms with Gasteiger partial charge in [-0.2, -0.15) is 0 Å². The Bertz CT molecular complexity index is 5880. The van der Waals surface area contributed by atoms with Gasteiger partial charge in [0.15, 0.2) is 0 Å². The molecule has 0 unspecified atom stereocenters. The lowest BCUT2D eigenvalue weighted by atomic mass is 9.89. The lowest BCUT2D eigenvalue weighted by molar-refractivity contribution is 0.00788. The number of hydrogen-bond acceptors (Lipinski definition) is 30. The summed E-state index contributed by atoms with van der Waals surface area (Å²) in [6.07, 6.45) is 36.7. The van der Waals surface area contributed by atoms with Crippen LogP contribution in [0.25, 0.3) is 78.0 Å². The zero-order chi connectivity index (χ0) is 90.8. The standard InChI is InChI=1S/C28H33N5O2.2C27H31N5O2.C23H31N7O2/c1-2-35-26-10-5-21(17-29-26)19-3-4-20-16-25-27(24(20)15-19)28(31-18-30-25)32-22-6-8-23(9-7-22)33-11-13-34-14-12-33;1-33-25-16-19(8-9-28-25)18-2-3-20-15-24-26(23(20)14-18)27(30-17-29-24)31-21-4-6-22(7-5-21)32-10-12-34-13-11-32;1-33-27-22(3-2-10-28-27)18-4-5-19-16-24-25(23(19)15-18)26(30-17-29-24)31-20-6-8-21(9-7-20)32-11-13-34-14-12-32;1-3-18(29-5-9-31-10-6-29)4-2-17(1)27-22-20-19(25-15-26-22)13-16-14-24-23(28-21(16)20)30-7-11-32-12-8-30/h3-5,10,15,17-18,22-23H,2,6-9,11-14,16H2,1H3,(H,30,31,32);2-3,8-9,14,16-17,21-22H,4-7,10-13,15H2,1H3,(H,29,30,31);2-5,10,15,17,20-21H,6-9,11-14,16H2,1H3,(H,29,30,31);14-15,17-18H,1-13H2,(H,25,26,27). The molecule has 13 heterocycles. The molecule has 135 heavy (non-hydrogen) atoms. The van der Waals surface area contributed by atoms with E-state index in [-0.39, 0.29) is 0 Å². The Morgan fingerprint density at radius 3 is 1.13 bits per heavy atom. The highest BCUT2D eigenvalue weighted by atomic mass is 16.5. The van der Waals surface area contributed by atoms with E-state index in [1.54, 1.807) is 51.9 Å². The van der Waals surface area contributed by atoms with E-state index in [2.05, 4.69) is 157 Å². The number of methoxy groups -OCH3 is 2. The largest absolute Gasteiger partial charge is 0.481 e. The number of rotatable bonds is 20. The normalized spacial score (nSPS) is 23.0. The lowest BCUT2D eigenvalue weighted by Gasteiger charge is -2.39. The molecule has 30 nitrogen and oxygen atoms in total. The van der Waals surface area contributed by atoms with Crippen LogP contribution in [0, 0.1) is 0 Å². The highest BCUT2D eigenvalue weighted by Gasteiger charge is 2.38. The summed E-state index contributed by atoms with van der Waals surface area (Å²) in [6, 6.07) is 36.5. The van der Waals surface area contributed by atoms with E-state index in [4.69, 9.17) is 57.8 Å². The fraction of sp³-hybridized carbons (Fsp3) is 0.495. The van der Waals surface area contributed by atoms with Gasteiger partial charge in [-0.1, -0.05) is 36.4 Å². The monoisotopic (exact) mass is 1820 g/mol. The van der Waals surface area contributed by atoms with Crippen molar-refractivity contribution in [3.05, 3.63) is 186 Å². The quantitative estimate of drug-likeness (QED) is 0.0551. The van der Waals surface area contributed by atoms with Crippen LogP contribution >= 0.6 is 0 Å². The smallest absolute Gasteiger partial charge is 0.226 e. The van der Waals surface area contributed by atoms with Crippen molar-refractivity contribution in [1.29, 1.82) is 0 Å². The number of morpholine rings is 5. The number of anilines is 5. The van der Waals surface area contributed by atoms with E-state index < -0.39 is 0 Å². The molecule has 5 aliphatic heterocycles. The van der Waals surface area contributed by atoms with Gasteiger partial charge in [-0.25, -0.2) is 64.8 Å². The summed E-state index contributed by atoms with van der Waals surface area (Å²) in [7, 11) is 3.31. The first-order valence-corrected chi connectivity index (χ1v) is 49.6. The van der Waals surface area contributed by atoms with Gasteiger partial charge in [0.25, 0.3) is 0 Å². The zero-order valence-corrected chi connectivity index (χ0v) is 78.2. The fourth-order valence-corrected chi connectivity index (χ4v) is 22.7. The van der Waals surface area contributed by atoms with Gasteiger partial charge in [0.1, 0.15) is 48.6 Å². The highest BCUT2D eigenvalue weighted by molar-refractivity contribution is 5.90. The number of nitrogens with one attached hydrogen (secondary N) is 4. The van der Waals surface area contributed by atoms with Crippen molar-refractivity contribution >= 4 is 29.2 Å². The van der Waals surface area contributed by atoms with E-state index >= 15 is 0 Å². The molecular weight excluding hydrogens is 1700 g/mol. The maximum Gasteiger partial charge on any atom is 0.226 e. The molecule has 0 radical (unpaired) electrons. The van der Waals surface area contributed by atoms with Crippen molar-refractivity contribution in [2.45, 2.75) is 184 Å². The minimum atomic E-state index is 0.441. The molecule has 5 saturated heterocycles. The van der Waals surface area contributed by atoms with Crippen molar-refractivity contribution in [3.8, 4) is 95.7 Å². The van der Waals surface area contributed by atoms with Crippen LogP contribution < -0.4 is 40.4 Å². The maximum atomic E-state index is 5.54. The van der Waals surface area contributed by atoms with Gasteiger partial charge in [-0.05, 0) is 208 Å². The van der Waals surface area contributed by atoms with Crippen LogP contribution in [0.15, 0.2) is 141 Å². The first-order valence-electron chi connectivity index (χ1n) is 49.6. The molecule has 8 aromatic heterocycles. The molecule has 9 fully saturated rings. The Balaban J connectivity index is 0.000000108. The Morgan fingerprint density at radius 1 is 0.326 bits per heavy atom. The Kier molecular flexibility index (Phi) is 28.3. The summed E-state index contributed by atoms with van der Waals surface area (Å²) in [5.74, 6) is 6.54. The average molecular weight is 1820 g/mol. The van der Waals surface area contributed by atoms with Crippen LogP contribution in [-0.2, 0) is 49.4 Å². The zero-order valence-electron chi connectivity index (χ0n) is 78.2. The molecule has 13 aliphatic rings. The third kappa shape index (κ3) is 20.5. The van der Waals surface area contributed by atoms with Crippen LogP contribution in [0.2, 0.25) is 0 Å². The molecule has 24 rings (SSSR count). The van der Waals surface area contributed by atoms with Gasteiger partial charge in [0.05, 0.1) is 121 Å². The van der Waals surface area contributed by atoms with Crippen molar-refractivity contribution in [3.63, 3.8) is 0 Å². The fourth-order valence-electron chi connectivity index (χ4n) is 22.7. The molecule has 11 aromatic rings. The molecule has 0 bridgehead atoms. The van der Waals surface area contributed by atoms with Crippen molar-refractivity contribution in [2.75, 3.05) is 179 Å². The number of fused-ring (bicyclic) bond motifs is 12. The van der Waals surface area contributed by atoms with E-state index in [9.17, 15) is 0 Å². The van der Waals surface area contributed by atoms with Crippen molar-refractivity contribution < 1.29 is 37.9 Å². The first-order chi connectivity index (χ1) is 66.7. The summed E-state index contributed by atoms with van der Waals surface area (Å²) in [5, 5.41) is 15.2. The summed E-state index contributed by atoms with van der Waals surface area (Å²) >= 11 is 0. The lowest BCUT2D eigenvalue weighted by Crippen LogP contribution is -2.46. The molecule has 4 N–H and O–H groups in total. The van der Waals surface area contributed by atoms with E-state index in [0.717, 1.165) is 283 Å². The van der Waals surface area contributed by atoms with Crippen LogP contribution in [0.1, 0.15) is 155 Å². The first kappa shape index (κ1) is 90.0. The minimum absolute atomic E-state index is 0.441. The minimum Gasteiger partial charge on any atom is -0.481 e. The Labute approximate surface area is 791 Å². The van der Waals surface area contributed by atoms with Crippen molar-refractivity contribution in [1.82, 2.24) is 84.4 Å². The second-order valence-corrected chi connectivity index (χ2v) is 37.8. The van der Waals surface area contributed by atoms with Crippen LogP contribution in [-0.4, -0.2) is 285 Å². The van der Waals surface area contributed by atoms with E-state index in [1.165, 1.54) is 129 Å². The SMILES string of the molecule is CCOc1ccc(-c2ccc3c(c2)-c2c(ncnc2NC2CCC(N4CCOCC4)CC2)C3)cn1.COc1cc(-c2ccc3c(c2)-c2c(ncnc2NC2CCC(N4CCOCC4)CC2)C3)ccn1.COc1ncccc1-c1ccc2c(c1)-c1c(ncnc1NC1CCC(N3CCOCC3)CC1)C2.c1nc2c(c(NC3CCC(N4CCOCC4)CC3)n1)-c1nc(N3CCOCC3)ncc1C2. The predicted octanol–water partition coefficient (Wildman–Crippen LogP) is 14.6. The second kappa shape index (κ2) is 42.4. The average Bonchev–Trinajstić information content (AvgIpc) is 1.63. The number of aromatic nitrogens is 13. The number of pyridine rings is 3. The Hall–Kier alpha value is -11.4. The molecular formula is C105H126N22O8. The number of hydrogen-bond donors (Lipinski definition) is 4. The van der Waals surface area contributed by atoms with Crippen LogP contribution in [0.5, 0.6) is 17.6 Å². The summed E-state index contributed by atoms with van der Waals surface area (Å²) < 4.78 is 43.9. The van der Waals surface area contributed by atoms with Gasteiger partial charge < -0.3 is 64.1 Å². The summed E-state index contributed by atoms with van der Waals surface area (Å²) in [5.41, 5.74) is 25.2.